The van der Waals surface area contributed by atoms with E-state index in [0.717, 1.165) is 43.9 Å². The lowest BCUT2D eigenvalue weighted by molar-refractivity contribution is -0.119. The molecule has 1 aromatic rings. The Bertz CT molecular complexity index is 710. The third kappa shape index (κ3) is 5.19. The highest BCUT2D eigenvalue weighted by Crippen LogP contribution is 2.38. The minimum Gasteiger partial charge on any atom is -0.489 e. The van der Waals surface area contributed by atoms with Gasteiger partial charge in [-0.15, -0.1) is 0 Å². The number of hydrogen-bond donors (Lipinski definition) is 2. The number of piperidine rings is 1. The molecule has 1 unspecified atom stereocenters. The quantitative estimate of drug-likeness (QED) is 0.603. The number of hydrogen-bond acceptors (Lipinski definition) is 4. The van der Waals surface area contributed by atoms with Crippen molar-refractivity contribution in [3.63, 3.8) is 0 Å². The lowest BCUT2D eigenvalue weighted by Gasteiger charge is -2.34. The first-order valence-corrected chi connectivity index (χ1v) is 9.76. The first-order valence-electron chi connectivity index (χ1n) is 9.38. The molecule has 1 fully saturated rings. The molecule has 1 amide bonds. The van der Waals surface area contributed by atoms with Crippen LogP contribution >= 0.6 is 11.6 Å². The number of aliphatic imine (C=N–C) groups is 1. The summed E-state index contributed by atoms with van der Waals surface area (Å²) >= 11 is 6.37. The van der Waals surface area contributed by atoms with Crippen molar-refractivity contribution in [1.82, 2.24) is 10.2 Å². The van der Waals surface area contributed by atoms with Crippen molar-refractivity contribution in [2.45, 2.75) is 32.2 Å². The monoisotopic (exact) mass is 394 g/mol. The van der Waals surface area contributed by atoms with Crippen molar-refractivity contribution in [3.05, 3.63) is 22.7 Å². The van der Waals surface area contributed by atoms with Gasteiger partial charge in [-0.2, -0.15) is 0 Å². The van der Waals surface area contributed by atoms with Crippen LogP contribution < -0.4 is 20.5 Å². The summed E-state index contributed by atoms with van der Waals surface area (Å²) < 4.78 is 11.4. The van der Waals surface area contributed by atoms with Gasteiger partial charge >= 0.3 is 0 Å². The van der Waals surface area contributed by atoms with Gasteiger partial charge in [-0.1, -0.05) is 11.6 Å². The zero-order valence-corrected chi connectivity index (χ0v) is 16.4. The van der Waals surface area contributed by atoms with Crippen LogP contribution in [0.4, 0.5) is 0 Å². The van der Waals surface area contributed by atoms with Gasteiger partial charge in [-0.05, 0) is 36.5 Å². The molecule has 0 aliphatic carbocycles. The SMILES string of the molecule is CN=C(NCc1cc(Cl)c2c(c1)OCCCO2)N1CCCC(CC(N)=O)C1. The molecule has 3 N–H and O–H groups in total. The fourth-order valence-corrected chi connectivity index (χ4v) is 3.90. The number of amides is 1. The Hall–Kier alpha value is -2.15. The minimum absolute atomic E-state index is 0.244. The van der Waals surface area contributed by atoms with Gasteiger partial charge in [0.15, 0.2) is 17.5 Å². The number of guanidine groups is 1. The molecule has 0 radical (unpaired) electrons. The van der Waals surface area contributed by atoms with Crippen molar-refractivity contribution >= 4 is 23.5 Å². The summed E-state index contributed by atoms with van der Waals surface area (Å²) in [7, 11) is 1.76. The molecule has 2 aliphatic rings. The largest absolute Gasteiger partial charge is 0.489 e. The molecule has 0 saturated carbocycles. The predicted molar refractivity (Wildman–Crippen MR) is 105 cm³/mol. The molecule has 148 valence electrons. The number of rotatable bonds is 4. The summed E-state index contributed by atoms with van der Waals surface area (Å²) in [4.78, 5) is 17.8. The minimum atomic E-state index is -0.244. The maximum Gasteiger partial charge on any atom is 0.217 e. The molecular weight excluding hydrogens is 368 g/mol. The number of ether oxygens (including phenoxy) is 2. The highest BCUT2D eigenvalue weighted by molar-refractivity contribution is 6.32. The lowest BCUT2D eigenvalue weighted by Crippen LogP contribution is -2.46. The average Bonchev–Trinajstić information content (AvgIpc) is 2.88. The Morgan fingerprint density at radius 1 is 1.37 bits per heavy atom. The number of carbonyl (C=O) groups is 1. The van der Waals surface area contributed by atoms with Crippen molar-refractivity contribution in [3.8, 4) is 11.5 Å². The van der Waals surface area contributed by atoms with Crippen LogP contribution in [0.25, 0.3) is 0 Å². The Morgan fingerprint density at radius 2 is 2.19 bits per heavy atom. The van der Waals surface area contributed by atoms with E-state index in [2.05, 4.69) is 15.2 Å². The highest BCUT2D eigenvalue weighted by Gasteiger charge is 2.23. The van der Waals surface area contributed by atoms with Gasteiger partial charge in [-0.3, -0.25) is 9.79 Å². The van der Waals surface area contributed by atoms with E-state index in [1.807, 2.05) is 12.1 Å². The standard InChI is InChI=1S/C19H27ClN4O3/c1-22-19(24-5-2-4-13(12-24)10-17(21)25)23-11-14-8-15(20)18-16(9-14)26-6-3-7-27-18/h8-9,13H,2-7,10-12H2,1H3,(H2,21,25)(H,22,23). The molecule has 8 heteroatoms. The number of fused-ring (bicyclic) bond motifs is 1. The van der Waals surface area contributed by atoms with Crippen LogP contribution in [0.2, 0.25) is 5.02 Å². The molecule has 1 aromatic carbocycles. The van der Waals surface area contributed by atoms with Crippen molar-refractivity contribution in [2.75, 3.05) is 33.4 Å². The van der Waals surface area contributed by atoms with Crippen LogP contribution in [-0.4, -0.2) is 50.1 Å². The van der Waals surface area contributed by atoms with Crippen molar-refractivity contribution < 1.29 is 14.3 Å². The predicted octanol–water partition coefficient (Wildman–Crippen LogP) is 2.16. The average molecular weight is 395 g/mol. The normalized spacial score (nSPS) is 20.1. The zero-order chi connectivity index (χ0) is 19.2. The van der Waals surface area contributed by atoms with E-state index >= 15 is 0 Å². The molecule has 2 aliphatic heterocycles. The number of nitrogens with zero attached hydrogens (tertiary/aromatic N) is 2. The van der Waals surface area contributed by atoms with Gasteiger partial charge in [0, 0.05) is 39.5 Å². The van der Waals surface area contributed by atoms with Crippen LogP contribution in [0.1, 0.15) is 31.2 Å². The highest BCUT2D eigenvalue weighted by atomic mass is 35.5. The second-order valence-electron chi connectivity index (χ2n) is 6.98. The van der Waals surface area contributed by atoms with Gasteiger partial charge in [0.1, 0.15) is 0 Å². The Kier molecular flexibility index (Phi) is 6.66. The van der Waals surface area contributed by atoms with E-state index in [1.54, 1.807) is 7.05 Å². The summed E-state index contributed by atoms with van der Waals surface area (Å²) in [5, 5.41) is 3.94. The number of nitrogens with two attached hydrogens (primary N) is 1. The fourth-order valence-electron chi connectivity index (χ4n) is 3.61. The summed E-state index contributed by atoms with van der Waals surface area (Å²) in [6.07, 6.45) is 3.31. The van der Waals surface area contributed by atoms with E-state index in [4.69, 9.17) is 26.8 Å². The summed E-state index contributed by atoms with van der Waals surface area (Å²) in [6, 6.07) is 3.85. The lowest BCUT2D eigenvalue weighted by atomic mass is 9.95. The van der Waals surface area contributed by atoms with E-state index in [-0.39, 0.29) is 11.8 Å². The second kappa shape index (κ2) is 9.17. The molecular formula is C19H27ClN4O3. The Balaban J connectivity index is 1.63. The van der Waals surface area contributed by atoms with Gasteiger partial charge in [-0.25, -0.2) is 0 Å². The van der Waals surface area contributed by atoms with Crippen molar-refractivity contribution in [1.29, 1.82) is 0 Å². The molecule has 3 rings (SSSR count). The number of benzene rings is 1. The van der Waals surface area contributed by atoms with E-state index < -0.39 is 0 Å². The first kappa shape index (κ1) is 19.6. The van der Waals surface area contributed by atoms with Crippen LogP contribution in [-0.2, 0) is 11.3 Å². The molecule has 1 atom stereocenters. The van der Waals surface area contributed by atoms with E-state index in [9.17, 15) is 4.79 Å². The van der Waals surface area contributed by atoms with Gasteiger partial charge < -0.3 is 25.4 Å². The maximum absolute atomic E-state index is 11.2. The Morgan fingerprint density at radius 3 is 2.96 bits per heavy atom. The summed E-state index contributed by atoms with van der Waals surface area (Å²) in [5.41, 5.74) is 6.35. The fraction of sp³-hybridized carbons (Fsp3) is 0.579. The number of halogens is 1. The number of likely N-dealkylation sites (tertiary alicyclic amines) is 1. The zero-order valence-electron chi connectivity index (χ0n) is 15.7. The second-order valence-corrected chi connectivity index (χ2v) is 7.39. The number of primary amides is 1. The van der Waals surface area contributed by atoms with Gasteiger partial charge in [0.05, 0.1) is 18.2 Å². The molecule has 7 nitrogen and oxygen atoms in total. The van der Waals surface area contributed by atoms with Crippen LogP contribution in [0.3, 0.4) is 0 Å². The molecule has 0 bridgehead atoms. The number of carbonyl (C=O) groups excluding carboxylic acids is 1. The maximum atomic E-state index is 11.2. The topological polar surface area (TPSA) is 89.2 Å². The van der Waals surface area contributed by atoms with Crippen LogP contribution in [0.15, 0.2) is 17.1 Å². The van der Waals surface area contributed by atoms with Gasteiger partial charge in [0.2, 0.25) is 5.91 Å². The molecule has 0 aromatic heterocycles. The molecule has 0 spiro atoms. The Labute approximate surface area is 164 Å². The van der Waals surface area contributed by atoms with E-state index in [1.165, 1.54) is 0 Å². The van der Waals surface area contributed by atoms with Crippen LogP contribution in [0.5, 0.6) is 11.5 Å². The summed E-state index contributed by atoms with van der Waals surface area (Å²) in [5.74, 6) is 2.15. The molecule has 1 saturated heterocycles. The third-order valence-corrected chi connectivity index (χ3v) is 5.11. The van der Waals surface area contributed by atoms with E-state index in [0.29, 0.717) is 42.7 Å². The van der Waals surface area contributed by atoms with Gasteiger partial charge in [0.25, 0.3) is 0 Å². The number of nitrogens with one attached hydrogen (secondary N) is 1. The smallest absolute Gasteiger partial charge is 0.217 e. The molecule has 2 heterocycles. The summed E-state index contributed by atoms with van der Waals surface area (Å²) in [6.45, 7) is 3.50. The third-order valence-electron chi connectivity index (χ3n) is 4.83. The van der Waals surface area contributed by atoms with Crippen molar-refractivity contribution in [2.24, 2.45) is 16.6 Å². The van der Waals surface area contributed by atoms with Crippen LogP contribution in [0, 0.1) is 5.92 Å². The molecule has 27 heavy (non-hydrogen) atoms. The first-order chi connectivity index (χ1) is 13.1.